The summed E-state index contributed by atoms with van der Waals surface area (Å²) in [5.74, 6) is -0.262. The lowest BCUT2D eigenvalue weighted by atomic mass is 10.2. The molecule has 0 spiro atoms. The van der Waals surface area contributed by atoms with Crippen LogP contribution in [0.15, 0.2) is 18.2 Å². The number of hydrogen-bond acceptors (Lipinski definition) is 5. The van der Waals surface area contributed by atoms with Crippen LogP contribution < -0.4 is 11.1 Å². The number of nitrogen functional groups attached to an aromatic ring is 1. The van der Waals surface area contributed by atoms with E-state index >= 15 is 0 Å². The lowest BCUT2D eigenvalue weighted by Crippen LogP contribution is -2.41. The summed E-state index contributed by atoms with van der Waals surface area (Å²) >= 11 is 5.99. The molecule has 21 heavy (non-hydrogen) atoms. The van der Waals surface area contributed by atoms with E-state index in [1.165, 1.54) is 6.26 Å². The van der Waals surface area contributed by atoms with Crippen LogP contribution >= 0.6 is 11.6 Å². The van der Waals surface area contributed by atoms with E-state index < -0.39 is 15.9 Å². The summed E-state index contributed by atoms with van der Waals surface area (Å²) in [5.41, 5.74) is 6.57. The molecule has 0 aliphatic heterocycles. The van der Waals surface area contributed by atoms with Crippen molar-refractivity contribution in [1.82, 2.24) is 4.90 Å². The molecule has 0 aliphatic carbocycles. The van der Waals surface area contributed by atoms with Gasteiger partial charge < -0.3 is 11.1 Å². The van der Waals surface area contributed by atoms with Crippen LogP contribution in [0.2, 0.25) is 5.02 Å². The van der Waals surface area contributed by atoms with Gasteiger partial charge in [-0.05, 0) is 32.2 Å². The first-order valence-corrected chi connectivity index (χ1v) is 8.78. The molecular weight excluding hydrogens is 314 g/mol. The minimum atomic E-state index is -3.06. The molecule has 1 rings (SSSR count). The van der Waals surface area contributed by atoms with E-state index in [9.17, 15) is 13.2 Å². The molecule has 118 valence electrons. The quantitative estimate of drug-likeness (QED) is 0.764. The van der Waals surface area contributed by atoms with E-state index in [0.29, 0.717) is 16.4 Å². The molecule has 0 aromatic heterocycles. The molecular formula is C13H20ClN3O3S. The number of likely N-dealkylation sites (N-methyl/N-ethyl adjacent to an activating group) is 1. The number of anilines is 2. The number of benzene rings is 1. The monoisotopic (exact) mass is 333 g/mol. The molecule has 6 nitrogen and oxygen atoms in total. The van der Waals surface area contributed by atoms with E-state index in [1.807, 2.05) is 0 Å². The Bertz CT molecular complexity index is 619. The zero-order valence-electron chi connectivity index (χ0n) is 12.3. The van der Waals surface area contributed by atoms with Gasteiger partial charge in [0.05, 0.1) is 22.5 Å². The van der Waals surface area contributed by atoms with Crippen molar-refractivity contribution in [3.63, 3.8) is 0 Å². The third kappa shape index (κ3) is 5.91. The Hall–Kier alpha value is -1.31. The highest BCUT2D eigenvalue weighted by Gasteiger charge is 2.19. The first kappa shape index (κ1) is 17.7. The topological polar surface area (TPSA) is 92.5 Å². The molecule has 0 saturated heterocycles. The van der Waals surface area contributed by atoms with Gasteiger partial charge >= 0.3 is 0 Å². The second kappa shape index (κ2) is 7.11. The third-order valence-corrected chi connectivity index (χ3v) is 4.34. The Balaban J connectivity index is 2.65. The van der Waals surface area contributed by atoms with E-state index in [0.717, 1.165) is 0 Å². The maximum absolute atomic E-state index is 12.1. The number of sulfone groups is 1. The van der Waals surface area contributed by atoms with Crippen LogP contribution in [0, 0.1) is 0 Å². The number of amides is 1. The molecule has 0 bridgehead atoms. The van der Waals surface area contributed by atoms with E-state index in [4.69, 9.17) is 17.3 Å². The number of carbonyl (C=O) groups excluding carboxylic acids is 1. The Morgan fingerprint density at radius 1 is 1.48 bits per heavy atom. The Morgan fingerprint density at radius 2 is 2.10 bits per heavy atom. The summed E-state index contributed by atoms with van der Waals surface area (Å²) in [6, 6.07) is 4.33. The normalized spacial score (nSPS) is 13.2. The van der Waals surface area contributed by atoms with Crippen molar-refractivity contribution >= 4 is 38.7 Å². The SMILES string of the molecule is CC(C(=O)Nc1ccc(N)cc1Cl)N(C)CCS(C)(=O)=O. The Morgan fingerprint density at radius 3 is 2.62 bits per heavy atom. The van der Waals surface area contributed by atoms with Crippen molar-refractivity contribution in [3.8, 4) is 0 Å². The van der Waals surface area contributed by atoms with Gasteiger partial charge in [-0.25, -0.2) is 8.42 Å². The Labute approximate surface area is 130 Å². The van der Waals surface area contributed by atoms with E-state index in [-0.39, 0.29) is 18.2 Å². The van der Waals surface area contributed by atoms with E-state index in [1.54, 1.807) is 37.1 Å². The van der Waals surface area contributed by atoms with Gasteiger partial charge in [0, 0.05) is 18.5 Å². The molecule has 0 fully saturated rings. The molecule has 0 radical (unpaired) electrons. The largest absolute Gasteiger partial charge is 0.399 e. The third-order valence-electron chi connectivity index (χ3n) is 3.11. The molecule has 1 atom stereocenters. The number of nitrogens with one attached hydrogen (secondary N) is 1. The predicted octanol–water partition coefficient (Wildman–Crippen LogP) is 1.23. The highest BCUT2D eigenvalue weighted by atomic mass is 35.5. The zero-order chi connectivity index (χ0) is 16.2. The molecule has 1 unspecified atom stereocenters. The minimum Gasteiger partial charge on any atom is -0.399 e. The fourth-order valence-corrected chi connectivity index (χ4v) is 2.43. The number of hydrogen-bond donors (Lipinski definition) is 2. The van der Waals surface area contributed by atoms with Gasteiger partial charge in [0.1, 0.15) is 9.84 Å². The molecule has 3 N–H and O–H groups in total. The van der Waals surface area contributed by atoms with Crippen molar-refractivity contribution in [3.05, 3.63) is 23.2 Å². The molecule has 0 saturated carbocycles. The number of nitrogens with zero attached hydrogens (tertiary/aromatic N) is 1. The van der Waals surface area contributed by atoms with Crippen LogP contribution in [0.25, 0.3) is 0 Å². The highest BCUT2D eigenvalue weighted by Crippen LogP contribution is 2.24. The average molecular weight is 334 g/mol. The molecule has 1 amide bonds. The molecule has 0 heterocycles. The van der Waals surface area contributed by atoms with Crippen LogP contribution in [0.5, 0.6) is 0 Å². The predicted molar refractivity (Wildman–Crippen MR) is 86.3 cm³/mol. The summed E-state index contributed by atoms with van der Waals surface area (Å²) in [7, 11) is -1.36. The highest BCUT2D eigenvalue weighted by molar-refractivity contribution is 7.90. The van der Waals surface area contributed by atoms with Gasteiger partial charge in [-0.15, -0.1) is 0 Å². The average Bonchev–Trinajstić information content (AvgIpc) is 2.37. The summed E-state index contributed by atoms with van der Waals surface area (Å²) in [6.07, 6.45) is 1.17. The lowest BCUT2D eigenvalue weighted by molar-refractivity contribution is -0.120. The summed E-state index contributed by atoms with van der Waals surface area (Å²) in [4.78, 5) is 13.8. The number of halogens is 1. The molecule has 1 aromatic rings. The molecule has 8 heteroatoms. The van der Waals surface area contributed by atoms with Crippen molar-refractivity contribution < 1.29 is 13.2 Å². The zero-order valence-corrected chi connectivity index (χ0v) is 13.8. The van der Waals surface area contributed by atoms with Gasteiger partial charge in [-0.2, -0.15) is 0 Å². The number of nitrogens with two attached hydrogens (primary N) is 1. The standard InChI is InChI=1S/C13H20ClN3O3S/c1-9(17(2)6-7-21(3,19)20)13(18)16-12-5-4-10(15)8-11(12)14/h4-5,8-9H,6-7,15H2,1-3H3,(H,16,18). The Kier molecular flexibility index (Phi) is 6.00. The summed E-state index contributed by atoms with van der Waals surface area (Å²) < 4.78 is 22.3. The smallest absolute Gasteiger partial charge is 0.241 e. The fraction of sp³-hybridized carbons (Fsp3) is 0.462. The van der Waals surface area contributed by atoms with Crippen LogP contribution in [0.1, 0.15) is 6.92 Å². The van der Waals surface area contributed by atoms with Crippen molar-refractivity contribution in [2.75, 3.05) is 36.7 Å². The van der Waals surface area contributed by atoms with Crippen LogP contribution in [0.4, 0.5) is 11.4 Å². The van der Waals surface area contributed by atoms with Crippen molar-refractivity contribution in [1.29, 1.82) is 0 Å². The number of rotatable bonds is 6. The van der Waals surface area contributed by atoms with Gasteiger partial charge in [0.15, 0.2) is 0 Å². The minimum absolute atomic E-state index is 0.00372. The summed E-state index contributed by atoms with van der Waals surface area (Å²) in [6.45, 7) is 1.98. The molecule has 0 aliphatic rings. The van der Waals surface area contributed by atoms with Gasteiger partial charge in [-0.3, -0.25) is 9.69 Å². The van der Waals surface area contributed by atoms with Crippen LogP contribution in [-0.4, -0.2) is 50.9 Å². The fourth-order valence-electron chi connectivity index (χ4n) is 1.57. The second-order valence-electron chi connectivity index (χ2n) is 5.01. The maximum Gasteiger partial charge on any atom is 0.241 e. The van der Waals surface area contributed by atoms with Crippen LogP contribution in [0.3, 0.4) is 0 Å². The second-order valence-corrected chi connectivity index (χ2v) is 7.68. The van der Waals surface area contributed by atoms with E-state index in [2.05, 4.69) is 5.32 Å². The first-order chi connectivity index (χ1) is 9.60. The van der Waals surface area contributed by atoms with Crippen molar-refractivity contribution in [2.24, 2.45) is 0 Å². The lowest BCUT2D eigenvalue weighted by Gasteiger charge is -2.23. The van der Waals surface area contributed by atoms with Gasteiger partial charge in [0.2, 0.25) is 5.91 Å². The van der Waals surface area contributed by atoms with Crippen molar-refractivity contribution in [2.45, 2.75) is 13.0 Å². The number of carbonyl (C=O) groups is 1. The van der Waals surface area contributed by atoms with Gasteiger partial charge in [-0.1, -0.05) is 11.6 Å². The molecule has 1 aromatic carbocycles. The first-order valence-electron chi connectivity index (χ1n) is 6.34. The van der Waals surface area contributed by atoms with Gasteiger partial charge in [0.25, 0.3) is 0 Å². The maximum atomic E-state index is 12.1. The summed E-state index contributed by atoms with van der Waals surface area (Å²) in [5, 5.41) is 3.05. The van der Waals surface area contributed by atoms with Crippen LogP contribution in [-0.2, 0) is 14.6 Å².